The highest BCUT2D eigenvalue weighted by atomic mass is 32.2. The number of carbonyl (C=O) groups excluding carboxylic acids is 3. The molecule has 1 aliphatic heterocycles. The fraction of sp³-hybridized carbons (Fsp3) is 0.318. The lowest BCUT2D eigenvalue weighted by Crippen LogP contribution is -2.50. The number of urea groups is 1. The predicted molar refractivity (Wildman–Crippen MR) is 119 cm³/mol. The van der Waals surface area contributed by atoms with Crippen LogP contribution in [0.15, 0.2) is 53.4 Å². The van der Waals surface area contributed by atoms with Gasteiger partial charge in [0.15, 0.2) is 0 Å². The van der Waals surface area contributed by atoms with Crippen molar-refractivity contribution in [1.29, 1.82) is 0 Å². The maximum absolute atomic E-state index is 12.8. The van der Waals surface area contributed by atoms with Crippen molar-refractivity contribution in [1.82, 2.24) is 15.8 Å². The van der Waals surface area contributed by atoms with Gasteiger partial charge in [-0.15, -0.1) is 0 Å². The molecule has 1 spiro atoms. The summed E-state index contributed by atoms with van der Waals surface area (Å²) in [7, 11) is -2.37. The smallest absolute Gasteiger partial charge is 0.344 e. The Morgan fingerprint density at radius 2 is 1.64 bits per heavy atom. The molecule has 0 atom stereocenters. The third kappa shape index (κ3) is 4.49. The van der Waals surface area contributed by atoms with Crippen molar-refractivity contribution in [2.24, 2.45) is 0 Å². The Balaban J connectivity index is 1.43. The second-order valence-corrected chi connectivity index (χ2v) is 9.70. The quantitative estimate of drug-likeness (QED) is 0.553. The number of anilines is 1. The summed E-state index contributed by atoms with van der Waals surface area (Å²) in [5.41, 5.74) is 1.84. The molecular formula is C22H24N4O6S. The van der Waals surface area contributed by atoms with Gasteiger partial charge in [0.1, 0.15) is 11.3 Å². The highest BCUT2D eigenvalue weighted by Gasteiger charge is 2.52. The summed E-state index contributed by atoms with van der Waals surface area (Å²) < 4.78 is 32.7. The zero-order valence-corrected chi connectivity index (χ0v) is 18.8. The van der Waals surface area contributed by atoms with Crippen LogP contribution < -0.4 is 20.2 Å². The molecule has 0 aromatic heterocycles. The fourth-order valence-corrected chi connectivity index (χ4v) is 5.10. The highest BCUT2D eigenvalue weighted by Crippen LogP contribution is 2.33. The van der Waals surface area contributed by atoms with Crippen molar-refractivity contribution < 1.29 is 27.5 Å². The molecule has 4 rings (SSSR count). The Hall–Kier alpha value is -3.60. The Kier molecular flexibility index (Phi) is 5.98. The van der Waals surface area contributed by atoms with Gasteiger partial charge in [0.05, 0.1) is 12.0 Å². The van der Waals surface area contributed by atoms with Gasteiger partial charge in [-0.25, -0.2) is 13.2 Å². The molecule has 174 valence electrons. The third-order valence-corrected chi connectivity index (χ3v) is 7.25. The maximum atomic E-state index is 12.8. The number of rotatable bonds is 6. The topological polar surface area (TPSA) is 134 Å². The van der Waals surface area contributed by atoms with Gasteiger partial charge in [-0.2, -0.15) is 5.01 Å². The molecule has 3 N–H and O–H groups in total. The van der Waals surface area contributed by atoms with E-state index in [0.717, 1.165) is 19.3 Å². The molecule has 10 nitrogen and oxygen atoms in total. The largest absolute Gasteiger partial charge is 0.497 e. The first-order valence-electron chi connectivity index (χ1n) is 10.5. The van der Waals surface area contributed by atoms with Crippen LogP contribution in [0, 0.1) is 0 Å². The van der Waals surface area contributed by atoms with Gasteiger partial charge in [0, 0.05) is 11.3 Å². The van der Waals surface area contributed by atoms with Crippen molar-refractivity contribution >= 4 is 33.6 Å². The molecule has 1 heterocycles. The van der Waals surface area contributed by atoms with E-state index in [0.29, 0.717) is 29.3 Å². The molecular weight excluding hydrogens is 448 g/mol. The van der Waals surface area contributed by atoms with Gasteiger partial charge in [0.2, 0.25) is 0 Å². The molecule has 2 aromatic carbocycles. The maximum Gasteiger partial charge on any atom is 0.344 e. The van der Waals surface area contributed by atoms with E-state index in [1.54, 1.807) is 24.3 Å². The first-order chi connectivity index (χ1) is 15.7. The van der Waals surface area contributed by atoms with Gasteiger partial charge < -0.3 is 10.1 Å². The van der Waals surface area contributed by atoms with Crippen LogP contribution in [0.25, 0.3) is 0 Å². The molecule has 2 fully saturated rings. The highest BCUT2D eigenvalue weighted by molar-refractivity contribution is 7.92. The lowest BCUT2D eigenvalue weighted by atomic mass is 9.82. The van der Waals surface area contributed by atoms with Crippen LogP contribution in [-0.4, -0.2) is 43.9 Å². The van der Waals surface area contributed by atoms with Gasteiger partial charge in [-0.1, -0.05) is 19.3 Å². The van der Waals surface area contributed by atoms with Crippen molar-refractivity contribution in [2.75, 3.05) is 11.8 Å². The summed E-state index contributed by atoms with van der Waals surface area (Å²) >= 11 is 0. The minimum absolute atomic E-state index is 0.0500. The standard InChI is InChI=1S/C22H24N4O6S/c1-32-17-9-7-16(8-10-17)25-33(30,31)18-11-5-15(6-12-18)19(27)24-26-20(28)22(23-21(26)29)13-3-2-4-14-22/h5-12,25H,2-4,13-14H2,1H3,(H,23,29)(H,24,27). The lowest BCUT2D eigenvalue weighted by molar-refractivity contribution is -0.134. The van der Waals surface area contributed by atoms with E-state index in [1.807, 2.05) is 0 Å². The predicted octanol–water partition coefficient (Wildman–Crippen LogP) is 2.40. The van der Waals surface area contributed by atoms with E-state index < -0.39 is 33.4 Å². The SMILES string of the molecule is COc1ccc(NS(=O)(=O)c2ccc(C(=O)NN3C(=O)NC4(CCCCC4)C3=O)cc2)cc1. The number of methoxy groups -OCH3 is 1. The summed E-state index contributed by atoms with van der Waals surface area (Å²) in [6.45, 7) is 0. The number of sulfonamides is 1. The van der Waals surface area contributed by atoms with Crippen LogP contribution in [0.2, 0.25) is 0 Å². The summed E-state index contributed by atoms with van der Waals surface area (Å²) in [6.07, 6.45) is 3.73. The van der Waals surface area contributed by atoms with Crippen molar-refractivity contribution in [2.45, 2.75) is 42.5 Å². The normalized spacial score (nSPS) is 17.5. The number of benzene rings is 2. The number of hydrogen-bond donors (Lipinski definition) is 3. The third-order valence-electron chi connectivity index (χ3n) is 5.85. The number of nitrogens with zero attached hydrogens (tertiary/aromatic N) is 1. The van der Waals surface area contributed by atoms with Crippen LogP contribution in [0.5, 0.6) is 5.75 Å². The number of imide groups is 1. The summed E-state index contributed by atoms with van der Waals surface area (Å²) in [5.74, 6) is -0.574. The number of ether oxygens (including phenoxy) is 1. The molecule has 0 unspecified atom stereocenters. The zero-order valence-electron chi connectivity index (χ0n) is 18.0. The van der Waals surface area contributed by atoms with E-state index in [4.69, 9.17) is 4.74 Å². The van der Waals surface area contributed by atoms with Crippen molar-refractivity contribution in [3.05, 3.63) is 54.1 Å². The van der Waals surface area contributed by atoms with Crippen molar-refractivity contribution in [3.63, 3.8) is 0 Å². The average molecular weight is 473 g/mol. The Morgan fingerprint density at radius 1 is 1.00 bits per heavy atom. The Morgan fingerprint density at radius 3 is 2.24 bits per heavy atom. The first kappa shape index (κ1) is 22.6. The minimum atomic E-state index is -3.89. The molecule has 11 heteroatoms. The zero-order chi connectivity index (χ0) is 23.6. The van der Waals surface area contributed by atoms with Gasteiger partial charge in [-0.05, 0) is 61.4 Å². The number of carbonyl (C=O) groups is 3. The summed E-state index contributed by atoms with van der Waals surface area (Å²) in [6, 6.07) is 10.9. The summed E-state index contributed by atoms with van der Waals surface area (Å²) in [4.78, 5) is 37.7. The Bertz CT molecular complexity index is 1170. The first-order valence-corrected chi connectivity index (χ1v) is 12.0. The van der Waals surface area contributed by atoms with E-state index in [-0.39, 0.29) is 10.5 Å². The van der Waals surface area contributed by atoms with Gasteiger partial charge in [0.25, 0.3) is 21.8 Å². The lowest BCUT2D eigenvalue weighted by Gasteiger charge is -2.30. The van der Waals surface area contributed by atoms with Crippen molar-refractivity contribution in [3.8, 4) is 5.75 Å². The van der Waals surface area contributed by atoms with E-state index in [1.165, 1.54) is 31.4 Å². The molecule has 2 aliphatic rings. The molecule has 1 saturated carbocycles. The van der Waals surface area contributed by atoms with E-state index >= 15 is 0 Å². The summed E-state index contributed by atoms with van der Waals surface area (Å²) in [5, 5.41) is 3.42. The molecule has 0 bridgehead atoms. The number of hydrogen-bond acceptors (Lipinski definition) is 6. The monoisotopic (exact) mass is 472 g/mol. The molecule has 2 aromatic rings. The van der Waals surface area contributed by atoms with Crippen LogP contribution in [0.3, 0.4) is 0 Å². The molecule has 1 aliphatic carbocycles. The fourth-order valence-electron chi connectivity index (χ4n) is 4.04. The van der Waals surface area contributed by atoms with E-state index in [2.05, 4.69) is 15.5 Å². The van der Waals surface area contributed by atoms with Crippen LogP contribution in [0.4, 0.5) is 10.5 Å². The second kappa shape index (κ2) is 8.74. The van der Waals surface area contributed by atoms with Crippen LogP contribution in [0.1, 0.15) is 42.5 Å². The number of nitrogens with one attached hydrogen (secondary N) is 3. The molecule has 4 amide bonds. The number of amides is 4. The van der Waals surface area contributed by atoms with Crippen LogP contribution >= 0.6 is 0 Å². The van der Waals surface area contributed by atoms with Gasteiger partial charge >= 0.3 is 6.03 Å². The van der Waals surface area contributed by atoms with Crippen LogP contribution in [-0.2, 0) is 14.8 Å². The average Bonchev–Trinajstić information content (AvgIpc) is 3.03. The molecule has 1 saturated heterocycles. The molecule has 33 heavy (non-hydrogen) atoms. The minimum Gasteiger partial charge on any atom is -0.497 e. The number of hydrazine groups is 1. The van der Waals surface area contributed by atoms with E-state index in [9.17, 15) is 22.8 Å². The Labute approximate surface area is 191 Å². The second-order valence-electron chi connectivity index (χ2n) is 8.01. The molecule has 0 radical (unpaired) electrons. The van der Waals surface area contributed by atoms with Gasteiger partial charge in [-0.3, -0.25) is 19.7 Å².